The number of hydrogen-bond acceptors (Lipinski definition) is 8. The van der Waals surface area contributed by atoms with Crippen molar-refractivity contribution in [3.8, 4) is 11.5 Å². The molecular formula is C25H25N3O6S2. The molecule has 0 saturated carbocycles. The van der Waals surface area contributed by atoms with Gasteiger partial charge in [-0.15, -0.1) is 0 Å². The number of carbonyl (C=O) groups excluding carboxylic acids is 1. The Morgan fingerprint density at radius 3 is 2.58 bits per heavy atom. The fourth-order valence-electron chi connectivity index (χ4n) is 4.27. The maximum atomic E-state index is 14.0. The molecule has 4 aromatic rings. The van der Waals surface area contributed by atoms with E-state index < -0.39 is 16.1 Å². The van der Waals surface area contributed by atoms with E-state index in [4.69, 9.17) is 13.9 Å². The summed E-state index contributed by atoms with van der Waals surface area (Å²) in [6.07, 6.45) is 2.54. The first-order chi connectivity index (χ1) is 17.4. The van der Waals surface area contributed by atoms with Gasteiger partial charge in [0.1, 0.15) is 23.3 Å². The maximum Gasteiger partial charge on any atom is 0.247 e. The van der Waals surface area contributed by atoms with Crippen molar-refractivity contribution in [2.45, 2.75) is 30.3 Å². The summed E-state index contributed by atoms with van der Waals surface area (Å²) in [5.41, 5.74) is 0.695. The smallest absolute Gasteiger partial charge is 0.247 e. The summed E-state index contributed by atoms with van der Waals surface area (Å²) in [5, 5.41) is 0.466. The van der Waals surface area contributed by atoms with E-state index >= 15 is 0 Å². The van der Waals surface area contributed by atoms with Crippen molar-refractivity contribution >= 4 is 42.6 Å². The largest absolute Gasteiger partial charge is 0.497 e. The molecule has 3 heterocycles. The highest BCUT2D eigenvalue weighted by molar-refractivity contribution is 7.89. The van der Waals surface area contributed by atoms with Gasteiger partial charge in [0.2, 0.25) is 15.9 Å². The van der Waals surface area contributed by atoms with Crippen molar-refractivity contribution in [1.82, 2.24) is 9.29 Å². The normalized spacial score (nSPS) is 16.3. The number of anilines is 1. The van der Waals surface area contributed by atoms with Gasteiger partial charge in [-0.2, -0.15) is 4.31 Å². The molecule has 1 aliphatic heterocycles. The predicted molar refractivity (Wildman–Crippen MR) is 136 cm³/mol. The van der Waals surface area contributed by atoms with Crippen LogP contribution in [0, 0.1) is 0 Å². The minimum absolute atomic E-state index is 0.118. The maximum absolute atomic E-state index is 14.0. The molecular weight excluding hydrogens is 502 g/mol. The van der Waals surface area contributed by atoms with Crippen molar-refractivity contribution in [1.29, 1.82) is 0 Å². The van der Waals surface area contributed by atoms with Crippen LogP contribution in [-0.4, -0.2) is 50.4 Å². The molecule has 0 N–H and O–H groups in total. The fourth-order valence-corrected chi connectivity index (χ4v) is 6.87. The monoisotopic (exact) mass is 527 g/mol. The zero-order chi connectivity index (χ0) is 25.3. The van der Waals surface area contributed by atoms with Crippen molar-refractivity contribution in [3.63, 3.8) is 0 Å². The lowest BCUT2D eigenvalue weighted by Crippen LogP contribution is -2.47. The fraction of sp³-hybridized carbons (Fsp3) is 0.280. The Morgan fingerprint density at radius 1 is 1.14 bits per heavy atom. The van der Waals surface area contributed by atoms with Crippen molar-refractivity contribution in [2.24, 2.45) is 0 Å². The molecule has 0 spiro atoms. The van der Waals surface area contributed by atoms with E-state index in [0.717, 1.165) is 4.70 Å². The summed E-state index contributed by atoms with van der Waals surface area (Å²) in [6.45, 7) is 0.395. The summed E-state index contributed by atoms with van der Waals surface area (Å²) in [4.78, 5) is 20.3. The Hall–Kier alpha value is -3.41. The molecule has 0 radical (unpaired) electrons. The molecule has 1 saturated heterocycles. The van der Waals surface area contributed by atoms with Crippen LogP contribution < -0.4 is 14.4 Å². The molecule has 0 bridgehead atoms. The third kappa shape index (κ3) is 4.57. The van der Waals surface area contributed by atoms with Crippen LogP contribution in [0.15, 0.2) is 70.2 Å². The minimum Gasteiger partial charge on any atom is -0.497 e. The Labute approximate surface area is 212 Å². The van der Waals surface area contributed by atoms with E-state index in [-0.39, 0.29) is 23.9 Å². The van der Waals surface area contributed by atoms with E-state index in [1.165, 1.54) is 46.0 Å². The standard InChI is InChI=1S/C25H25N3O6S2/c1-32-17-7-10-20(11-8-17)36(30,31)28-13-3-6-22(28)24(29)27(16-19-5-4-14-34-19)25-26-21-15-18(33-2)9-12-23(21)35-25/h4-5,7-12,14-15,22H,3,6,13,16H2,1-2H3. The summed E-state index contributed by atoms with van der Waals surface area (Å²) in [6, 6.07) is 14.4. The number of rotatable bonds is 8. The van der Waals surface area contributed by atoms with Gasteiger partial charge < -0.3 is 13.9 Å². The third-order valence-corrected chi connectivity index (χ3v) is 9.11. The second-order valence-electron chi connectivity index (χ2n) is 8.28. The molecule has 1 atom stereocenters. The van der Waals surface area contributed by atoms with Gasteiger partial charge in [0, 0.05) is 12.6 Å². The van der Waals surface area contributed by atoms with Crippen LogP contribution in [-0.2, 0) is 21.4 Å². The van der Waals surface area contributed by atoms with Gasteiger partial charge in [-0.25, -0.2) is 13.4 Å². The number of nitrogens with zero attached hydrogens (tertiary/aromatic N) is 3. The number of amides is 1. The van der Waals surface area contributed by atoms with Gasteiger partial charge in [0.15, 0.2) is 5.13 Å². The van der Waals surface area contributed by atoms with Crippen LogP contribution in [0.3, 0.4) is 0 Å². The number of sulfonamides is 1. The SMILES string of the molecule is COc1ccc(S(=O)(=O)N2CCCC2C(=O)N(Cc2ccco2)c2nc3cc(OC)ccc3s2)cc1. The van der Waals surface area contributed by atoms with Crippen LogP contribution >= 0.6 is 11.3 Å². The molecule has 0 aliphatic carbocycles. The molecule has 1 amide bonds. The molecule has 1 fully saturated rings. The first kappa shape index (κ1) is 24.3. The highest BCUT2D eigenvalue weighted by atomic mass is 32.2. The lowest BCUT2D eigenvalue weighted by molar-refractivity contribution is -0.121. The summed E-state index contributed by atoms with van der Waals surface area (Å²) in [5.74, 6) is 1.45. The quantitative estimate of drug-likeness (QED) is 0.337. The number of carbonyl (C=O) groups is 1. The topological polar surface area (TPSA) is 102 Å². The summed E-state index contributed by atoms with van der Waals surface area (Å²) in [7, 11) is -0.795. The third-order valence-electron chi connectivity index (χ3n) is 6.13. The van der Waals surface area contributed by atoms with Gasteiger partial charge in [0.25, 0.3) is 0 Å². The molecule has 1 aliphatic rings. The first-order valence-corrected chi connectivity index (χ1v) is 13.6. The first-order valence-electron chi connectivity index (χ1n) is 11.3. The molecule has 2 aromatic heterocycles. The van der Waals surface area contributed by atoms with Crippen LogP contribution in [0.1, 0.15) is 18.6 Å². The second kappa shape index (κ2) is 9.92. The van der Waals surface area contributed by atoms with E-state index in [1.807, 2.05) is 12.1 Å². The van der Waals surface area contributed by atoms with E-state index in [2.05, 4.69) is 4.98 Å². The molecule has 9 nitrogen and oxygen atoms in total. The number of furan rings is 1. The Bertz CT molecular complexity index is 1470. The zero-order valence-electron chi connectivity index (χ0n) is 19.8. The number of benzene rings is 2. The lowest BCUT2D eigenvalue weighted by atomic mass is 10.2. The Morgan fingerprint density at radius 2 is 1.89 bits per heavy atom. The van der Waals surface area contributed by atoms with E-state index in [9.17, 15) is 13.2 Å². The summed E-state index contributed by atoms with van der Waals surface area (Å²) < 4.78 is 45.2. The number of aromatic nitrogens is 1. The number of hydrogen-bond donors (Lipinski definition) is 0. The average molecular weight is 528 g/mol. The van der Waals surface area contributed by atoms with Gasteiger partial charge in [-0.1, -0.05) is 11.3 Å². The molecule has 188 valence electrons. The number of ether oxygens (including phenoxy) is 2. The van der Waals surface area contributed by atoms with Gasteiger partial charge in [-0.3, -0.25) is 9.69 Å². The minimum atomic E-state index is -3.90. The molecule has 36 heavy (non-hydrogen) atoms. The number of thiazole rings is 1. The van der Waals surface area contributed by atoms with Crippen molar-refractivity contribution < 1.29 is 27.1 Å². The molecule has 1 unspecified atom stereocenters. The van der Waals surface area contributed by atoms with Crippen LogP contribution in [0.5, 0.6) is 11.5 Å². The Kier molecular flexibility index (Phi) is 6.69. The lowest BCUT2D eigenvalue weighted by Gasteiger charge is -2.28. The van der Waals surface area contributed by atoms with Gasteiger partial charge in [0.05, 0.1) is 42.1 Å². The molecule has 5 rings (SSSR count). The van der Waals surface area contributed by atoms with Gasteiger partial charge in [-0.05, 0) is 61.4 Å². The van der Waals surface area contributed by atoms with Gasteiger partial charge >= 0.3 is 0 Å². The van der Waals surface area contributed by atoms with Crippen LogP contribution in [0.2, 0.25) is 0 Å². The predicted octanol–water partition coefficient (Wildman–Crippen LogP) is 4.29. The average Bonchev–Trinajstić information content (AvgIpc) is 3.67. The van der Waals surface area contributed by atoms with Crippen molar-refractivity contribution in [2.75, 3.05) is 25.7 Å². The second-order valence-corrected chi connectivity index (χ2v) is 11.2. The highest BCUT2D eigenvalue weighted by Gasteiger charge is 2.42. The highest BCUT2D eigenvalue weighted by Crippen LogP contribution is 2.35. The molecule has 2 aromatic carbocycles. The Balaban J connectivity index is 1.49. The zero-order valence-corrected chi connectivity index (χ0v) is 21.4. The van der Waals surface area contributed by atoms with E-state index in [1.54, 1.807) is 37.4 Å². The van der Waals surface area contributed by atoms with Crippen molar-refractivity contribution in [3.05, 3.63) is 66.6 Å². The summed E-state index contributed by atoms with van der Waals surface area (Å²) >= 11 is 1.36. The van der Waals surface area contributed by atoms with E-state index in [0.29, 0.717) is 40.7 Å². The van der Waals surface area contributed by atoms with Crippen LogP contribution in [0.25, 0.3) is 10.2 Å². The number of methoxy groups -OCH3 is 2. The molecule has 11 heteroatoms. The number of fused-ring (bicyclic) bond motifs is 1. The van der Waals surface area contributed by atoms with Crippen LogP contribution in [0.4, 0.5) is 5.13 Å².